The van der Waals surface area contributed by atoms with Crippen molar-refractivity contribution in [2.75, 3.05) is 6.61 Å². The molecule has 1 aromatic rings. The van der Waals surface area contributed by atoms with Crippen LogP contribution in [0.15, 0.2) is 16.6 Å². The Morgan fingerprint density at radius 2 is 2.12 bits per heavy atom. The highest BCUT2D eigenvalue weighted by molar-refractivity contribution is 9.10. The minimum atomic E-state index is -0.224. The van der Waals surface area contributed by atoms with Gasteiger partial charge in [0.05, 0.1) is 12.2 Å². The minimum absolute atomic E-state index is 0.0423. The van der Waals surface area contributed by atoms with Gasteiger partial charge in [0.25, 0.3) is 0 Å². The average Bonchev–Trinajstić information content (AvgIpc) is 2.26. The molecule has 1 saturated heterocycles. The fraction of sp³-hybridized carbons (Fsp3) is 0.538. The van der Waals surface area contributed by atoms with Gasteiger partial charge in [-0.3, -0.25) is 0 Å². The summed E-state index contributed by atoms with van der Waals surface area (Å²) >= 11 is 3.59. The van der Waals surface area contributed by atoms with E-state index in [9.17, 15) is 5.11 Å². The number of aliphatic hydroxyl groups excluding tert-OH is 1. The van der Waals surface area contributed by atoms with E-state index in [1.54, 1.807) is 0 Å². The van der Waals surface area contributed by atoms with Gasteiger partial charge >= 0.3 is 0 Å². The number of aliphatic hydroxyl groups is 1. The molecule has 2 unspecified atom stereocenters. The second-order valence-electron chi connectivity index (χ2n) is 4.45. The normalized spacial score (nSPS) is 25.8. The van der Waals surface area contributed by atoms with Gasteiger partial charge in [-0.1, -0.05) is 28.1 Å². The molecule has 0 aromatic heterocycles. The molecule has 1 aromatic carbocycles. The monoisotopic (exact) mass is 284 g/mol. The van der Waals surface area contributed by atoms with Crippen LogP contribution in [0.2, 0.25) is 0 Å². The summed E-state index contributed by atoms with van der Waals surface area (Å²) in [5.74, 6) is 0. The van der Waals surface area contributed by atoms with Crippen molar-refractivity contribution in [2.24, 2.45) is 0 Å². The number of hydrogen-bond donors (Lipinski definition) is 1. The summed E-state index contributed by atoms with van der Waals surface area (Å²) in [5.41, 5.74) is 3.65. The number of benzene rings is 1. The van der Waals surface area contributed by atoms with Gasteiger partial charge in [0.2, 0.25) is 0 Å². The summed E-state index contributed by atoms with van der Waals surface area (Å²) in [4.78, 5) is 0. The highest BCUT2D eigenvalue weighted by Crippen LogP contribution is 2.34. The van der Waals surface area contributed by atoms with Gasteiger partial charge in [-0.05, 0) is 37.0 Å². The molecule has 1 heterocycles. The lowest BCUT2D eigenvalue weighted by Gasteiger charge is -2.28. The zero-order valence-corrected chi connectivity index (χ0v) is 11.3. The van der Waals surface area contributed by atoms with Crippen molar-refractivity contribution in [3.8, 4) is 0 Å². The van der Waals surface area contributed by atoms with Crippen LogP contribution in [-0.2, 0) is 4.74 Å². The van der Waals surface area contributed by atoms with Gasteiger partial charge in [0.1, 0.15) is 0 Å². The highest BCUT2D eigenvalue weighted by Gasteiger charge is 2.24. The smallest absolute Gasteiger partial charge is 0.0852 e. The third kappa shape index (κ3) is 2.31. The van der Waals surface area contributed by atoms with E-state index >= 15 is 0 Å². The van der Waals surface area contributed by atoms with Gasteiger partial charge in [-0.15, -0.1) is 0 Å². The lowest BCUT2D eigenvalue weighted by atomic mass is 9.95. The number of halogens is 1. The van der Waals surface area contributed by atoms with Crippen molar-refractivity contribution in [2.45, 2.75) is 38.9 Å². The fourth-order valence-electron chi connectivity index (χ4n) is 2.18. The molecule has 0 radical (unpaired) electrons. The molecule has 88 valence electrons. The second kappa shape index (κ2) is 4.86. The average molecular weight is 285 g/mol. The molecule has 1 aliphatic rings. The largest absolute Gasteiger partial charge is 0.393 e. The van der Waals surface area contributed by atoms with Crippen LogP contribution in [0.3, 0.4) is 0 Å². The minimum Gasteiger partial charge on any atom is -0.393 e. The summed E-state index contributed by atoms with van der Waals surface area (Å²) in [6.07, 6.45) is 1.28. The molecule has 0 aliphatic carbocycles. The van der Waals surface area contributed by atoms with Crippen LogP contribution in [0, 0.1) is 13.8 Å². The standard InChI is InChI=1S/C13H17BrO2/c1-8-3-4-11(9(2)13(8)14)12-7-10(15)5-6-16-12/h3-4,10,12,15H,5-7H2,1-2H3. The first-order valence-corrected chi connectivity index (χ1v) is 6.44. The second-order valence-corrected chi connectivity index (χ2v) is 5.24. The molecule has 16 heavy (non-hydrogen) atoms. The first-order chi connectivity index (χ1) is 7.59. The van der Waals surface area contributed by atoms with Crippen molar-refractivity contribution in [1.29, 1.82) is 0 Å². The quantitative estimate of drug-likeness (QED) is 0.858. The molecule has 0 saturated carbocycles. The van der Waals surface area contributed by atoms with Crippen molar-refractivity contribution in [3.63, 3.8) is 0 Å². The van der Waals surface area contributed by atoms with Crippen LogP contribution >= 0.6 is 15.9 Å². The van der Waals surface area contributed by atoms with Crippen LogP contribution in [0.1, 0.15) is 35.6 Å². The predicted molar refractivity (Wildman–Crippen MR) is 67.5 cm³/mol. The molecular formula is C13H17BrO2. The van der Waals surface area contributed by atoms with Crippen molar-refractivity contribution in [1.82, 2.24) is 0 Å². The van der Waals surface area contributed by atoms with E-state index in [0.29, 0.717) is 13.0 Å². The van der Waals surface area contributed by atoms with Crippen LogP contribution in [0.25, 0.3) is 0 Å². The Hall–Kier alpha value is -0.380. The van der Waals surface area contributed by atoms with E-state index in [2.05, 4.69) is 41.9 Å². The third-order valence-corrected chi connectivity index (χ3v) is 4.44. The summed E-state index contributed by atoms with van der Waals surface area (Å²) in [5, 5.41) is 9.66. The van der Waals surface area contributed by atoms with E-state index in [4.69, 9.17) is 4.74 Å². The van der Waals surface area contributed by atoms with Gasteiger partial charge in [0.15, 0.2) is 0 Å². The Balaban J connectivity index is 2.29. The molecule has 0 spiro atoms. The van der Waals surface area contributed by atoms with Gasteiger partial charge in [-0.25, -0.2) is 0 Å². The maximum atomic E-state index is 9.66. The first-order valence-electron chi connectivity index (χ1n) is 5.65. The topological polar surface area (TPSA) is 29.5 Å². The number of ether oxygens (including phenoxy) is 1. The van der Waals surface area contributed by atoms with Crippen LogP contribution in [0.4, 0.5) is 0 Å². The summed E-state index contributed by atoms with van der Waals surface area (Å²) in [6.45, 7) is 4.82. The van der Waals surface area contributed by atoms with Crippen LogP contribution in [0.5, 0.6) is 0 Å². The van der Waals surface area contributed by atoms with Crippen molar-refractivity contribution < 1.29 is 9.84 Å². The number of hydrogen-bond acceptors (Lipinski definition) is 2. The molecule has 1 aliphatic heterocycles. The zero-order valence-electron chi connectivity index (χ0n) is 9.66. The molecule has 2 rings (SSSR count). The number of aryl methyl sites for hydroxylation is 1. The molecule has 1 fully saturated rings. The van der Waals surface area contributed by atoms with E-state index in [-0.39, 0.29) is 12.2 Å². The summed E-state index contributed by atoms with van der Waals surface area (Å²) in [7, 11) is 0. The third-order valence-electron chi connectivity index (χ3n) is 3.22. The lowest BCUT2D eigenvalue weighted by Crippen LogP contribution is -2.23. The maximum absolute atomic E-state index is 9.66. The Kier molecular flexibility index (Phi) is 3.67. The summed E-state index contributed by atoms with van der Waals surface area (Å²) in [6, 6.07) is 4.20. The zero-order chi connectivity index (χ0) is 11.7. The molecule has 2 atom stereocenters. The molecule has 2 nitrogen and oxygen atoms in total. The Bertz CT molecular complexity index is 390. The van der Waals surface area contributed by atoms with Crippen LogP contribution in [-0.4, -0.2) is 17.8 Å². The van der Waals surface area contributed by atoms with E-state index in [1.165, 1.54) is 16.7 Å². The fourth-order valence-corrected chi connectivity index (χ4v) is 2.54. The van der Waals surface area contributed by atoms with E-state index in [0.717, 1.165) is 10.9 Å². The maximum Gasteiger partial charge on any atom is 0.0852 e. The van der Waals surface area contributed by atoms with Gasteiger partial charge in [-0.2, -0.15) is 0 Å². The predicted octanol–water partition coefficient (Wildman–Crippen LogP) is 3.28. The number of rotatable bonds is 1. The molecule has 1 N–H and O–H groups in total. The molecule has 0 amide bonds. The summed E-state index contributed by atoms with van der Waals surface area (Å²) < 4.78 is 6.88. The van der Waals surface area contributed by atoms with Crippen molar-refractivity contribution >= 4 is 15.9 Å². The van der Waals surface area contributed by atoms with Gasteiger partial charge < -0.3 is 9.84 Å². The Morgan fingerprint density at radius 3 is 2.81 bits per heavy atom. The van der Waals surface area contributed by atoms with Crippen molar-refractivity contribution in [3.05, 3.63) is 33.3 Å². The molecule has 3 heteroatoms. The Morgan fingerprint density at radius 1 is 1.38 bits per heavy atom. The lowest BCUT2D eigenvalue weighted by molar-refractivity contribution is -0.0450. The highest BCUT2D eigenvalue weighted by atomic mass is 79.9. The first kappa shape index (κ1) is 12.1. The molecular weight excluding hydrogens is 268 g/mol. The van der Waals surface area contributed by atoms with Crippen LogP contribution < -0.4 is 0 Å². The van der Waals surface area contributed by atoms with Gasteiger partial charge in [0, 0.05) is 17.5 Å². The molecule has 0 bridgehead atoms. The SMILES string of the molecule is Cc1ccc(C2CC(O)CCO2)c(C)c1Br. The Labute approximate surface area is 105 Å². The van der Waals surface area contributed by atoms with E-state index in [1.807, 2.05) is 0 Å². The van der Waals surface area contributed by atoms with E-state index < -0.39 is 0 Å².